The van der Waals surface area contributed by atoms with E-state index < -0.39 is 0 Å². The highest BCUT2D eigenvalue weighted by Crippen LogP contribution is 2.12. The zero-order valence-corrected chi connectivity index (χ0v) is 13.3. The van der Waals surface area contributed by atoms with E-state index in [0.717, 1.165) is 32.0 Å². The highest BCUT2D eigenvalue weighted by atomic mass is 16.5. The Kier molecular flexibility index (Phi) is 8.82. The molecule has 0 aliphatic carbocycles. The van der Waals surface area contributed by atoms with Crippen LogP contribution in [0.15, 0.2) is 0 Å². The van der Waals surface area contributed by atoms with Crippen molar-refractivity contribution in [3.8, 4) is 0 Å². The summed E-state index contributed by atoms with van der Waals surface area (Å²) in [6, 6.07) is 0. The van der Waals surface area contributed by atoms with Gasteiger partial charge >= 0.3 is 0 Å². The number of nitrogens with one attached hydrogen (secondary N) is 2. The van der Waals surface area contributed by atoms with Crippen molar-refractivity contribution >= 4 is 5.91 Å². The molecule has 0 aromatic carbocycles. The molecule has 1 saturated heterocycles. The third-order valence-corrected chi connectivity index (χ3v) is 3.54. The molecule has 0 aromatic heterocycles. The smallest absolute Gasteiger partial charge is 0.234 e. The summed E-state index contributed by atoms with van der Waals surface area (Å²) in [5, 5.41) is 6.32. The fourth-order valence-electron chi connectivity index (χ4n) is 2.49. The van der Waals surface area contributed by atoms with Gasteiger partial charge in [-0.25, -0.2) is 0 Å². The quantitative estimate of drug-likeness (QED) is 0.617. The first kappa shape index (κ1) is 17.4. The van der Waals surface area contributed by atoms with E-state index in [-0.39, 0.29) is 12.0 Å². The van der Waals surface area contributed by atoms with Crippen LogP contribution >= 0.6 is 0 Å². The number of amides is 1. The predicted molar refractivity (Wildman–Crippen MR) is 81.8 cm³/mol. The fourth-order valence-corrected chi connectivity index (χ4v) is 2.49. The van der Waals surface area contributed by atoms with Gasteiger partial charge in [0.2, 0.25) is 5.91 Å². The molecule has 0 bridgehead atoms. The molecule has 0 radical (unpaired) electrons. The van der Waals surface area contributed by atoms with Crippen LogP contribution in [0.5, 0.6) is 0 Å². The maximum absolute atomic E-state index is 11.8. The number of rotatable bonds is 9. The lowest BCUT2D eigenvalue weighted by atomic mass is 9.98. The van der Waals surface area contributed by atoms with Crippen LogP contribution in [0.4, 0.5) is 0 Å². The molecule has 0 aromatic rings. The summed E-state index contributed by atoms with van der Waals surface area (Å²) in [6.07, 6.45) is 3.58. The molecule has 118 valence electrons. The Hall–Kier alpha value is -0.650. The second-order valence-electron chi connectivity index (χ2n) is 6.01. The van der Waals surface area contributed by atoms with Crippen LogP contribution in [-0.2, 0) is 9.53 Å². The predicted octanol–water partition coefficient (Wildman–Crippen LogP) is 0.849. The zero-order chi connectivity index (χ0) is 14.8. The number of likely N-dealkylation sites (N-methyl/N-ethyl adjacent to an activating group) is 1. The van der Waals surface area contributed by atoms with Gasteiger partial charge in [-0.3, -0.25) is 9.69 Å². The van der Waals surface area contributed by atoms with Crippen LogP contribution < -0.4 is 10.6 Å². The molecule has 0 unspecified atom stereocenters. The average molecular weight is 285 g/mol. The molecule has 0 saturated carbocycles. The number of carbonyl (C=O) groups is 1. The molecule has 1 heterocycles. The highest BCUT2D eigenvalue weighted by Gasteiger charge is 2.16. The van der Waals surface area contributed by atoms with Crippen molar-refractivity contribution < 1.29 is 9.53 Å². The summed E-state index contributed by atoms with van der Waals surface area (Å²) in [7, 11) is 2.03. The molecule has 2 N–H and O–H groups in total. The molecule has 1 fully saturated rings. The lowest BCUT2D eigenvalue weighted by molar-refractivity contribution is -0.122. The van der Waals surface area contributed by atoms with Gasteiger partial charge in [0.1, 0.15) is 0 Å². The summed E-state index contributed by atoms with van der Waals surface area (Å²) in [4.78, 5) is 13.9. The fraction of sp³-hybridized carbons (Fsp3) is 0.933. The molecular weight excluding hydrogens is 254 g/mol. The first-order valence-electron chi connectivity index (χ1n) is 7.85. The number of ether oxygens (including phenoxy) is 1. The van der Waals surface area contributed by atoms with Gasteiger partial charge in [0.25, 0.3) is 0 Å². The van der Waals surface area contributed by atoms with Crippen LogP contribution in [0.1, 0.15) is 33.1 Å². The van der Waals surface area contributed by atoms with E-state index in [4.69, 9.17) is 4.74 Å². The van der Waals surface area contributed by atoms with Crippen molar-refractivity contribution in [1.82, 2.24) is 15.5 Å². The lowest BCUT2D eigenvalue weighted by Crippen LogP contribution is -2.40. The molecule has 0 atom stereocenters. The first-order valence-corrected chi connectivity index (χ1v) is 7.85. The Bertz CT molecular complexity index is 266. The molecule has 5 heteroatoms. The number of carbonyl (C=O) groups excluding carboxylic acids is 1. The maximum Gasteiger partial charge on any atom is 0.234 e. The number of hydrogen-bond acceptors (Lipinski definition) is 4. The second kappa shape index (κ2) is 10.1. The summed E-state index contributed by atoms with van der Waals surface area (Å²) in [5.41, 5.74) is 0. The Morgan fingerprint density at radius 1 is 1.40 bits per heavy atom. The SMILES string of the molecule is CC(C)OCCCNC(=O)CN(C)CC1CCNCC1. The van der Waals surface area contributed by atoms with E-state index in [1.807, 2.05) is 20.9 Å². The molecule has 5 nitrogen and oxygen atoms in total. The normalized spacial score (nSPS) is 16.9. The number of piperidine rings is 1. The van der Waals surface area contributed by atoms with Gasteiger partial charge in [-0.2, -0.15) is 0 Å². The van der Waals surface area contributed by atoms with Crippen LogP contribution in [-0.4, -0.2) is 63.3 Å². The van der Waals surface area contributed by atoms with Crippen molar-refractivity contribution in [2.24, 2.45) is 5.92 Å². The Balaban J connectivity index is 2.02. The molecule has 20 heavy (non-hydrogen) atoms. The Morgan fingerprint density at radius 3 is 2.75 bits per heavy atom. The van der Waals surface area contributed by atoms with Crippen LogP contribution in [0.2, 0.25) is 0 Å². The van der Waals surface area contributed by atoms with Crippen LogP contribution in [0.25, 0.3) is 0 Å². The van der Waals surface area contributed by atoms with Gasteiger partial charge in [0.05, 0.1) is 12.6 Å². The van der Waals surface area contributed by atoms with Gasteiger partial charge in [0, 0.05) is 19.7 Å². The first-order chi connectivity index (χ1) is 9.58. The topological polar surface area (TPSA) is 53.6 Å². The van der Waals surface area contributed by atoms with E-state index in [1.165, 1.54) is 12.8 Å². The van der Waals surface area contributed by atoms with E-state index in [2.05, 4.69) is 15.5 Å². The van der Waals surface area contributed by atoms with Crippen molar-refractivity contribution in [3.05, 3.63) is 0 Å². The van der Waals surface area contributed by atoms with E-state index in [9.17, 15) is 4.79 Å². The molecular formula is C15H31N3O2. The third-order valence-electron chi connectivity index (χ3n) is 3.54. The summed E-state index contributed by atoms with van der Waals surface area (Å²) in [6.45, 7) is 9.19. The standard InChI is InChI=1S/C15H31N3O2/c1-13(2)20-10-4-7-17-15(19)12-18(3)11-14-5-8-16-9-6-14/h13-14,16H,4-12H2,1-3H3,(H,17,19). The van der Waals surface area contributed by atoms with E-state index >= 15 is 0 Å². The van der Waals surface area contributed by atoms with E-state index in [1.54, 1.807) is 0 Å². The minimum absolute atomic E-state index is 0.117. The van der Waals surface area contributed by atoms with Crippen molar-refractivity contribution in [2.45, 2.75) is 39.2 Å². The molecule has 1 aliphatic rings. The maximum atomic E-state index is 11.8. The van der Waals surface area contributed by atoms with Gasteiger partial charge in [0.15, 0.2) is 0 Å². The molecule has 0 spiro atoms. The van der Waals surface area contributed by atoms with E-state index in [0.29, 0.717) is 19.7 Å². The van der Waals surface area contributed by atoms with Crippen molar-refractivity contribution in [3.63, 3.8) is 0 Å². The summed E-state index contributed by atoms with van der Waals surface area (Å²) < 4.78 is 5.44. The highest BCUT2D eigenvalue weighted by molar-refractivity contribution is 5.77. The minimum atomic E-state index is 0.117. The summed E-state index contributed by atoms with van der Waals surface area (Å²) >= 11 is 0. The number of hydrogen-bond donors (Lipinski definition) is 2. The Labute approximate surface area is 123 Å². The van der Waals surface area contributed by atoms with Gasteiger partial charge in [-0.1, -0.05) is 0 Å². The molecule has 1 aliphatic heterocycles. The van der Waals surface area contributed by atoms with Crippen LogP contribution in [0, 0.1) is 5.92 Å². The van der Waals surface area contributed by atoms with Gasteiger partial charge in [-0.15, -0.1) is 0 Å². The van der Waals surface area contributed by atoms with Gasteiger partial charge < -0.3 is 15.4 Å². The zero-order valence-electron chi connectivity index (χ0n) is 13.3. The van der Waals surface area contributed by atoms with Gasteiger partial charge in [-0.05, 0) is 59.2 Å². The average Bonchev–Trinajstić information content (AvgIpc) is 2.38. The molecule has 1 rings (SSSR count). The minimum Gasteiger partial charge on any atom is -0.379 e. The third kappa shape index (κ3) is 8.51. The van der Waals surface area contributed by atoms with Crippen LogP contribution in [0.3, 0.4) is 0 Å². The Morgan fingerprint density at radius 2 is 2.10 bits per heavy atom. The molecule has 1 amide bonds. The van der Waals surface area contributed by atoms with Crippen molar-refractivity contribution in [1.29, 1.82) is 0 Å². The lowest BCUT2D eigenvalue weighted by Gasteiger charge is -2.27. The number of nitrogens with zero attached hydrogens (tertiary/aromatic N) is 1. The summed E-state index contributed by atoms with van der Waals surface area (Å²) in [5.74, 6) is 0.847. The monoisotopic (exact) mass is 285 g/mol. The largest absolute Gasteiger partial charge is 0.379 e. The van der Waals surface area contributed by atoms with Crippen molar-refractivity contribution in [2.75, 3.05) is 46.4 Å². The second-order valence-corrected chi connectivity index (χ2v) is 6.01.